The van der Waals surface area contributed by atoms with E-state index in [1.165, 1.54) is 76.6 Å². The monoisotopic (exact) mass is 286 g/mol. The zero-order valence-electron chi connectivity index (χ0n) is 13.3. The number of aryl methyl sites for hydroxylation is 1. The van der Waals surface area contributed by atoms with Gasteiger partial charge in [-0.25, -0.2) is 0 Å². The summed E-state index contributed by atoms with van der Waals surface area (Å²) in [6.45, 7) is 3.84. The summed E-state index contributed by atoms with van der Waals surface area (Å²) in [6.07, 6.45) is 10.9. The number of rotatable bonds is 8. The zero-order valence-corrected chi connectivity index (χ0v) is 13.3. The Bertz CT molecular complexity index is 399. The van der Waals surface area contributed by atoms with Gasteiger partial charge in [0, 0.05) is 18.6 Å². The standard InChI is InChI=1S/C19H30N2/c1-2-8-17(9-3-1)10-4-6-14-21-15-7-5-11-19(21)16-20-18-12-13-18/h1-3,8-9,18-20H,4-7,10-16H2. The topological polar surface area (TPSA) is 15.3 Å². The van der Waals surface area contributed by atoms with Gasteiger partial charge in [-0.05, 0) is 63.6 Å². The lowest BCUT2D eigenvalue weighted by atomic mass is 10.0. The van der Waals surface area contributed by atoms with Gasteiger partial charge in [0.1, 0.15) is 0 Å². The highest BCUT2D eigenvalue weighted by Gasteiger charge is 2.25. The molecule has 21 heavy (non-hydrogen) atoms. The van der Waals surface area contributed by atoms with E-state index in [0.717, 1.165) is 12.1 Å². The summed E-state index contributed by atoms with van der Waals surface area (Å²) in [6, 6.07) is 12.6. The van der Waals surface area contributed by atoms with E-state index in [4.69, 9.17) is 0 Å². The fraction of sp³-hybridized carbons (Fsp3) is 0.684. The molecule has 2 aliphatic rings. The van der Waals surface area contributed by atoms with Crippen LogP contribution in [0.5, 0.6) is 0 Å². The van der Waals surface area contributed by atoms with E-state index in [1.807, 2.05) is 0 Å². The van der Waals surface area contributed by atoms with Gasteiger partial charge >= 0.3 is 0 Å². The lowest BCUT2D eigenvalue weighted by molar-refractivity contribution is 0.142. The maximum Gasteiger partial charge on any atom is 0.0220 e. The maximum atomic E-state index is 3.73. The van der Waals surface area contributed by atoms with E-state index in [9.17, 15) is 0 Å². The molecule has 1 aliphatic heterocycles. The van der Waals surface area contributed by atoms with E-state index in [-0.39, 0.29) is 0 Å². The van der Waals surface area contributed by atoms with Crippen molar-refractivity contribution < 1.29 is 0 Å². The Kier molecular flexibility index (Phi) is 5.70. The molecule has 0 radical (unpaired) electrons. The molecule has 2 heteroatoms. The van der Waals surface area contributed by atoms with Crippen molar-refractivity contribution >= 4 is 0 Å². The highest BCUT2D eigenvalue weighted by molar-refractivity contribution is 5.14. The third-order valence-corrected chi connectivity index (χ3v) is 4.97. The smallest absolute Gasteiger partial charge is 0.0220 e. The summed E-state index contributed by atoms with van der Waals surface area (Å²) in [7, 11) is 0. The first-order valence-corrected chi connectivity index (χ1v) is 8.93. The number of benzene rings is 1. The summed E-state index contributed by atoms with van der Waals surface area (Å²) in [5.41, 5.74) is 1.49. The van der Waals surface area contributed by atoms with Gasteiger partial charge in [0.25, 0.3) is 0 Å². The van der Waals surface area contributed by atoms with Crippen LogP contribution in [0.1, 0.15) is 50.5 Å². The largest absolute Gasteiger partial charge is 0.312 e. The molecule has 0 spiro atoms. The Morgan fingerprint density at radius 3 is 2.67 bits per heavy atom. The van der Waals surface area contributed by atoms with E-state index < -0.39 is 0 Å². The second-order valence-corrected chi connectivity index (χ2v) is 6.81. The van der Waals surface area contributed by atoms with Crippen molar-refractivity contribution in [3.05, 3.63) is 35.9 Å². The average Bonchev–Trinajstić information content (AvgIpc) is 3.36. The normalized spacial score (nSPS) is 23.3. The second kappa shape index (κ2) is 7.95. The molecule has 0 amide bonds. The first-order chi connectivity index (χ1) is 10.4. The van der Waals surface area contributed by atoms with Crippen molar-refractivity contribution in [3.8, 4) is 0 Å². The van der Waals surface area contributed by atoms with Crippen LogP contribution in [-0.4, -0.2) is 36.6 Å². The van der Waals surface area contributed by atoms with Crippen molar-refractivity contribution in [2.45, 2.75) is 63.5 Å². The molecule has 1 unspecified atom stereocenters. The number of hydrogen-bond donors (Lipinski definition) is 1. The molecule has 1 aliphatic carbocycles. The van der Waals surface area contributed by atoms with Crippen LogP contribution in [0.15, 0.2) is 30.3 Å². The molecule has 1 saturated heterocycles. The first kappa shape index (κ1) is 15.1. The van der Waals surface area contributed by atoms with E-state index in [1.54, 1.807) is 0 Å². The maximum absolute atomic E-state index is 3.73. The fourth-order valence-electron chi connectivity index (χ4n) is 3.46. The predicted molar refractivity (Wildman–Crippen MR) is 89.6 cm³/mol. The van der Waals surface area contributed by atoms with Gasteiger partial charge in [0.2, 0.25) is 0 Å². The molecule has 2 fully saturated rings. The van der Waals surface area contributed by atoms with Crippen molar-refractivity contribution in [3.63, 3.8) is 0 Å². The van der Waals surface area contributed by atoms with Gasteiger partial charge in [0.05, 0.1) is 0 Å². The number of nitrogens with one attached hydrogen (secondary N) is 1. The average molecular weight is 286 g/mol. The molecule has 1 heterocycles. The van der Waals surface area contributed by atoms with E-state index >= 15 is 0 Å². The Morgan fingerprint density at radius 2 is 1.86 bits per heavy atom. The fourth-order valence-corrected chi connectivity index (χ4v) is 3.46. The van der Waals surface area contributed by atoms with Crippen LogP contribution in [0.3, 0.4) is 0 Å². The van der Waals surface area contributed by atoms with Crippen LogP contribution in [0.2, 0.25) is 0 Å². The third-order valence-electron chi connectivity index (χ3n) is 4.97. The van der Waals surface area contributed by atoms with Gasteiger partial charge in [-0.1, -0.05) is 36.8 Å². The van der Waals surface area contributed by atoms with Crippen LogP contribution in [0, 0.1) is 0 Å². The van der Waals surface area contributed by atoms with Gasteiger partial charge < -0.3 is 5.32 Å². The second-order valence-electron chi connectivity index (χ2n) is 6.81. The molecule has 3 rings (SSSR count). The minimum atomic E-state index is 0.802. The quantitative estimate of drug-likeness (QED) is 0.734. The van der Waals surface area contributed by atoms with E-state index in [0.29, 0.717) is 0 Å². The molecule has 2 nitrogen and oxygen atoms in total. The minimum Gasteiger partial charge on any atom is -0.312 e. The zero-order chi connectivity index (χ0) is 14.3. The lowest BCUT2D eigenvalue weighted by Crippen LogP contribution is -2.46. The first-order valence-electron chi connectivity index (χ1n) is 8.93. The predicted octanol–water partition coefficient (Wildman–Crippen LogP) is 3.62. The van der Waals surface area contributed by atoms with Crippen LogP contribution in [0.4, 0.5) is 0 Å². The summed E-state index contributed by atoms with van der Waals surface area (Å²) in [5.74, 6) is 0. The van der Waals surface area contributed by atoms with Gasteiger partial charge in [-0.2, -0.15) is 0 Å². The third kappa shape index (κ3) is 5.12. The molecule has 1 saturated carbocycles. The number of nitrogens with zero attached hydrogens (tertiary/aromatic N) is 1. The molecule has 1 aromatic carbocycles. The molecule has 0 aromatic heterocycles. The lowest BCUT2D eigenvalue weighted by Gasteiger charge is -2.36. The molecule has 1 atom stereocenters. The summed E-state index contributed by atoms with van der Waals surface area (Å²) in [4.78, 5) is 2.75. The van der Waals surface area contributed by atoms with Crippen LogP contribution >= 0.6 is 0 Å². The molecule has 116 valence electrons. The summed E-state index contributed by atoms with van der Waals surface area (Å²) < 4.78 is 0. The van der Waals surface area contributed by atoms with Crippen LogP contribution < -0.4 is 5.32 Å². The molecule has 0 bridgehead atoms. The molecular formula is C19H30N2. The number of likely N-dealkylation sites (tertiary alicyclic amines) is 1. The molecule has 1 aromatic rings. The minimum absolute atomic E-state index is 0.802. The van der Waals surface area contributed by atoms with Crippen LogP contribution in [0.25, 0.3) is 0 Å². The summed E-state index contributed by atoms with van der Waals surface area (Å²) in [5, 5.41) is 3.73. The number of piperidine rings is 1. The van der Waals surface area contributed by atoms with Crippen molar-refractivity contribution in [1.29, 1.82) is 0 Å². The van der Waals surface area contributed by atoms with Crippen LogP contribution in [-0.2, 0) is 6.42 Å². The van der Waals surface area contributed by atoms with Crippen molar-refractivity contribution in [1.82, 2.24) is 10.2 Å². The number of unbranched alkanes of at least 4 members (excludes halogenated alkanes) is 1. The SMILES string of the molecule is c1ccc(CCCCN2CCCCC2CNC2CC2)cc1. The van der Waals surface area contributed by atoms with Gasteiger partial charge in [0.15, 0.2) is 0 Å². The van der Waals surface area contributed by atoms with Gasteiger partial charge in [-0.15, -0.1) is 0 Å². The highest BCUT2D eigenvalue weighted by Crippen LogP contribution is 2.21. The Morgan fingerprint density at radius 1 is 1.00 bits per heavy atom. The van der Waals surface area contributed by atoms with Gasteiger partial charge in [-0.3, -0.25) is 4.90 Å². The van der Waals surface area contributed by atoms with E-state index in [2.05, 4.69) is 40.5 Å². The Hall–Kier alpha value is -0.860. The number of hydrogen-bond acceptors (Lipinski definition) is 2. The Balaban J connectivity index is 1.35. The summed E-state index contributed by atoms with van der Waals surface area (Å²) >= 11 is 0. The molecular weight excluding hydrogens is 256 g/mol. The molecule has 1 N–H and O–H groups in total. The Labute approximate surface area is 129 Å². The highest BCUT2D eigenvalue weighted by atomic mass is 15.2. The van der Waals surface area contributed by atoms with Crippen molar-refractivity contribution in [2.24, 2.45) is 0 Å². The van der Waals surface area contributed by atoms with Crippen molar-refractivity contribution in [2.75, 3.05) is 19.6 Å².